The molecule has 0 aromatic rings. The molecular weight excluding hydrogens is 127 g/mol. The predicted molar refractivity (Wildman–Crippen MR) is 39.8 cm³/mol. The maximum atomic E-state index is 9.25. The first kappa shape index (κ1) is 7.83. The fourth-order valence-electron chi connectivity index (χ4n) is 1.13. The lowest BCUT2D eigenvalue weighted by atomic mass is 9.75. The number of hydrogen-bond acceptors (Lipinski definition) is 2. The Labute approximate surface area is 62.0 Å². The number of allylic oxidation sites excluding steroid dienone is 1. The van der Waals surface area contributed by atoms with Gasteiger partial charge in [-0.2, -0.15) is 0 Å². The molecule has 0 spiro atoms. The van der Waals surface area contributed by atoms with Gasteiger partial charge in [-0.05, 0) is 6.42 Å². The molecule has 0 heterocycles. The fourth-order valence-corrected chi connectivity index (χ4v) is 1.13. The lowest BCUT2D eigenvalue weighted by Gasteiger charge is -2.24. The van der Waals surface area contributed by atoms with Crippen LogP contribution >= 0.6 is 0 Å². The molecule has 0 saturated carbocycles. The van der Waals surface area contributed by atoms with Gasteiger partial charge in [0.2, 0.25) is 0 Å². The molecule has 2 radical (unpaired) electrons. The quantitative estimate of drug-likeness (QED) is 0.391. The van der Waals surface area contributed by atoms with Crippen molar-refractivity contribution in [3.8, 4) is 0 Å². The lowest BCUT2D eigenvalue weighted by molar-refractivity contribution is 0.0808. The van der Waals surface area contributed by atoms with Crippen molar-refractivity contribution in [1.82, 2.24) is 0 Å². The molecule has 0 aromatic carbocycles. The van der Waals surface area contributed by atoms with Gasteiger partial charge in [-0.3, -0.25) is 0 Å². The van der Waals surface area contributed by atoms with Gasteiger partial charge in [-0.25, -0.2) is 0 Å². The summed E-state index contributed by atoms with van der Waals surface area (Å²) in [5.74, 6) is -0.155. The SMILES string of the molecule is [B][C@H]1C=CC(CO)C(O)C1. The van der Waals surface area contributed by atoms with Crippen LogP contribution in [0.4, 0.5) is 0 Å². The summed E-state index contributed by atoms with van der Waals surface area (Å²) in [4.78, 5) is 0. The van der Waals surface area contributed by atoms with Crippen LogP contribution in [0, 0.1) is 5.92 Å². The summed E-state index contributed by atoms with van der Waals surface area (Å²) in [5.41, 5.74) is 0. The zero-order valence-electron chi connectivity index (χ0n) is 5.77. The summed E-state index contributed by atoms with van der Waals surface area (Å²) >= 11 is 0. The molecular formula is C7H11BO2. The van der Waals surface area contributed by atoms with Crippen LogP contribution in [-0.2, 0) is 0 Å². The van der Waals surface area contributed by atoms with E-state index in [2.05, 4.69) is 0 Å². The van der Waals surface area contributed by atoms with E-state index in [1.54, 1.807) is 6.08 Å². The second-order valence-electron chi connectivity index (χ2n) is 2.70. The first-order valence-corrected chi connectivity index (χ1v) is 3.47. The highest BCUT2D eigenvalue weighted by atomic mass is 16.3. The summed E-state index contributed by atoms with van der Waals surface area (Å²) in [6.45, 7) is 0.00435. The largest absolute Gasteiger partial charge is 0.396 e. The van der Waals surface area contributed by atoms with Crippen molar-refractivity contribution in [1.29, 1.82) is 0 Å². The van der Waals surface area contributed by atoms with Crippen molar-refractivity contribution in [2.75, 3.05) is 6.61 Å². The van der Waals surface area contributed by atoms with Crippen LogP contribution in [0.3, 0.4) is 0 Å². The maximum absolute atomic E-state index is 9.25. The van der Waals surface area contributed by atoms with Crippen molar-refractivity contribution in [3.63, 3.8) is 0 Å². The Morgan fingerprint density at radius 2 is 2.20 bits per heavy atom. The lowest BCUT2D eigenvalue weighted by Crippen LogP contribution is -2.26. The van der Waals surface area contributed by atoms with Gasteiger partial charge >= 0.3 is 0 Å². The highest BCUT2D eigenvalue weighted by Crippen LogP contribution is 2.23. The molecule has 54 valence electrons. The monoisotopic (exact) mass is 138 g/mol. The van der Waals surface area contributed by atoms with Crippen LogP contribution in [0.25, 0.3) is 0 Å². The Kier molecular flexibility index (Phi) is 2.52. The van der Waals surface area contributed by atoms with E-state index in [0.717, 1.165) is 0 Å². The highest BCUT2D eigenvalue weighted by Gasteiger charge is 2.20. The first-order valence-electron chi connectivity index (χ1n) is 3.47. The Bertz CT molecular complexity index is 136. The molecule has 1 rings (SSSR count). The van der Waals surface area contributed by atoms with Crippen LogP contribution in [0.1, 0.15) is 6.42 Å². The van der Waals surface area contributed by atoms with Crippen LogP contribution in [0.5, 0.6) is 0 Å². The highest BCUT2D eigenvalue weighted by molar-refractivity contribution is 6.13. The van der Waals surface area contributed by atoms with E-state index in [1.165, 1.54) is 0 Å². The van der Waals surface area contributed by atoms with Crippen molar-refractivity contribution < 1.29 is 10.2 Å². The number of aliphatic hydroxyl groups excluding tert-OH is 2. The van der Waals surface area contributed by atoms with Crippen molar-refractivity contribution in [3.05, 3.63) is 12.2 Å². The van der Waals surface area contributed by atoms with Gasteiger partial charge in [-0.1, -0.05) is 18.0 Å². The Morgan fingerprint density at radius 3 is 2.70 bits per heavy atom. The average molecular weight is 138 g/mol. The van der Waals surface area contributed by atoms with Gasteiger partial charge in [-0.15, -0.1) is 0 Å². The Morgan fingerprint density at radius 1 is 1.50 bits per heavy atom. The van der Waals surface area contributed by atoms with E-state index in [1.807, 2.05) is 6.08 Å². The van der Waals surface area contributed by atoms with E-state index < -0.39 is 6.10 Å². The molecule has 3 atom stereocenters. The van der Waals surface area contributed by atoms with Gasteiger partial charge in [0.1, 0.15) is 0 Å². The van der Waals surface area contributed by atoms with Gasteiger partial charge < -0.3 is 10.2 Å². The Hall–Kier alpha value is -0.275. The molecule has 3 heteroatoms. The minimum atomic E-state index is -0.468. The first-order chi connectivity index (χ1) is 4.74. The van der Waals surface area contributed by atoms with E-state index in [4.69, 9.17) is 13.0 Å². The second kappa shape index (κ2) is 3.22. The zero-order chi connectivity index (χ0) is 7.56. The number of rotatable bonds is 1. The van der Waals surface area contributed by atoms with E-state index >= 15 is 0 Å². The normalized spacial score (nSPS) is 40.0. The van der Waals surface area contributed by atoms with Crippen LogP contribution in [-0.4, -0.2) is 30.8 Å². The molecule has 0 fully saturated rings. The minimum absolute atomic E-state index is 0.00435. The topological polar surface area (TPSA) is 40.5 Å². The van der Waals surface area contributed by atoms with E-state index in [9.17, 15) is 5.11 Å². The van der Waals surface area contributed by atoms with Gasteiger partial charge in [0.05, 0.1) is 20.6 Å². The number of aliphatic hydroxyl groups is 2. The molecule has 10 heavy (non-hydrogen) atoms. The van der Waals surface area contributed by atoms with Crippen LogP contribution in [0.15, 0.2) is 12.2 Å². The zero-order valence-corrected chi connectivity index (χ0v) is 5.77. The summed E-state index contributed by atoms with van der Waals surface area (Å²) < 4.78 is 0. The van der Waals surface area contributed by atoms with E-state index in [0.29, 0.717) is 6.42 Å². The third-order valence-corrected chi connectivity index (χ3v) is 1.82. The fraction of sp³-hybridized carbons (Fsp3) is 0.714. The average Bonchev–Trinajstić information content (AvgIpc) is 1.88. The summed E-state index contributed by atoms with van der Waals surface area (Å²) in [5, 5.41) is 17.9. The molecule has 1 aliphatic rings. The third kappa shape index (κ3) is 1.61. The molecule has 0 aromatic heterocycles. The molecule has 1 aliphatic carbocycles. The van der Waals surface area contributed by atoms with Crippen LogP contribution < -0.4 is 0 Å². The summed E-state index contributed by atoms with van der Waals surface area (Å²) in [7, 11) is 5.51. The molecule has 2 unspecified atom stereocenters. The van der Waals surface area contributed by atoms with E-state index in [-0.39, 0.29) is 18.3 Å². The van der Waals surface area contributed by atoms with Crippen molar-refractivity contribution >= 4 is 7.85 Å². The van der Waals surface area contributed by atoms with Gasteiger partial charge in [0.25, 0.3) is 0 Å². The standard InChI is InChI=1S/C7H11BO2/c8-6-2-1-5(4-9)7(10)3-6/h1-2,5-7,9-10H,3-4H2/t5?,6-,7?/m0/s1. The summed E-state index contributed by atoms with van der Waals surface area (Å²) in [6.07, 6.45) is 3.69. The predicted octanol–water partition coefficient (Wildman–Crippen LogP) is -0.127. The minimum Gasteiger partial charge on any atom is -0.396 e. The Balaban J connectivity index is 2.53. The summed E-state index contributed by atoms with van der Waals surface area (Å²) in [6, 6.07) is 0. The molecule has 2 N–H and O–H groups in total. The molecule has 0 saturated heterocycles. The van der Waals surface area contributed by atoms with Gasteiger partial charge in [0, 0.05) is 5.92 Å². The molecule has 2 nitrogen and oxygen atoms in total. The van der Waals surface area contributed by atoms with Crippen molar-refractivity contribution in [2.45, 2.75) is 18.3 Å². The molecule has 0 aliphatic heterocycles. The molecule has 0 bridgehead atoms. The van der Waals surface area contributed by atoms with Crippen molar-refractivity contribution in [2.24, 2.45) is 5.92 Å². The second-order valence-corrected chi connectivity index (χ2v) is 2.70. The van der Waals surface area contributed by atoms with Crippen LogP contribution in [0.2, 0.25) is 5.82 Å². The third-order valence-electron chi connectivity index (χ3n) is 1.82. The smallest absolute Gasteiger partial charge is 0.0756 e. The molecule has 0 amide bonds. The number of hydrogen-bond donors (Lipinski definition) is 2. The van der Waals surface area contributed by atoms with Gasteiger partial charge in [0.15, 0.2) is 0 Å². The maximum Gasteiger partial charge on any atom is 0.0756 e.